The van der Waals surface area contributed by atoms with Gasteiger partial charge in [0, 0.05) is 13.1 Å². The average Bonchev–Trinajstić information content (AvgIpc) is 2.27. The highest BCUT2D eigenvalue weighted by molar-refractivity contribution is 6.28. The topological polar surface area (TPSA) is 130 Å². The van der Waals surface area contributed by atoms with Crippen LogP contribution >= 0.6 is 11.6 Å². The summed E-state index contributed by atoms with van der Waals surface area (Å²) >= 11 is 5.53. The van der Waals surface area contributed by atoms with Crippen molar-refractivity contribution in [1.29, 1.82) is 0 Å². The van der Waals surface area contributed by atoms with E-state index in [1.807, 2.05) is 0 Å². The Labute approximate surface area is 106 Å². The highest BCUT2D eigenvalue weighted by Crippen LogP contribution is 2.21. The molecule has 0 aliphatic carbocycles. The van der Waals surface area contributed by atoms with Gasteiger partial charge in [-0.3, -0.25) is 10.1 Å². The smallest absolute Gasteiger partial charge is 0.404 e. The molecule has 3 N–H and O–H groups in total. The van der Waals surface area contributed by atoms with E-state index in [1.54, 1.807) is 0 Å². The number of anilines is 1. The van der Waals surface area contributed by atoms with E-state index in [4.69, 9.17) is 16.7 Å². The molecule has 18 heavy (non-hydrogen) atoms. The van der Waals surface area contributed by atoms with Crippen molar-refractivity contribution in [1.82, 2.24) is 15.3 Å². The van der Waals surface area contributed by atoms with Crippen LogP contribution in [0.15, 0.2) is 6.20 Å². The lowest BCUT2D eigenvalue weighted by Crippen LogP contribution is -2.23. The van der Waals surface area contributed by atoms with Gasteiger partial charge in [0.15, 0.2) is 0 Å². The van der Waals surface area contributed by atoms with Crippen LogP contribution in [0.4, 0.5) is 16.3 Å². The average molecular weight is 276 g/mol. The van der Waals surface area contributed by atoms with Crippen molar-refractivity contribution in [3.8, 4) is 0 Å². The van der Waals surface area contributed by atoms with Crippen LogP contribution in [0.5, 0.6) is 0 Å². The molecule has 1 rings (SSSR count). The molecule has 10 heteroatoms. The molecule has 0 saturated heterocycles. The molecule has 0 radical (unpaired) electrons. The summed E-state index contributed by atoms with van der Waals surface area (Å²) in [4.78, 5) is 27.4. The van der Waals surface area contributed by atoms with Gasteiger partial charge in [0.1, 0.15) is 6.20 Å². The number of nitrogens with zero attached hydrogens (tertiary/aromatic N) is 3. The van der Waals surface area contributed by atoms with E-state index in [9.17, 15) is 14.9 Å². The zero-order valence-corrected chi connectivity index (χ0v) is 9.85. The summed E-state index contributed by atoms with van der Waals surface area (Å²) in [5, 5.41) is 23.7. The minimum Gasteiger partial charge on any atom is -0.465 e. The molecule has 0 aliphatic rings. The largest absolute Gasteiger partial charge is 0.465 e. The van der Waals surface area contributed by atoms with Crippen molar-refractivity contribution < 1.29 is 14.8 Å². The summed E-state index contributed by atoms with van der Waals surface area (Å²) in [6, 6.07) is 0. The van der Waals surface area contributed by atoms with Crippen molar-refractivity contribution in [2.75, 3.05) is 18.4 Å². The molecule has 1 amide bonds. The second kappa shape index (κ2) is 6.55. The van der Waals surface area contributed by atoms with Gasteiger partial charge in [0.25, 0.3) is 0 Å². The number of rotatable bonds is 6. The van der Waals surface area contributed by atoms with Gasteiger partial charge in [-0.15, -0.1) is 0 Å². The Kier molecular flexibility index (Phi) is 5.06. The molecule has 0 saturated carbocycles. The first-order chi connectivity index (χ1) is 8.50. The molecule has 0 unspecified atom stereocenters. The number of aromatic nitrogens is 2. The summed E-state index contributed by atoms with van der Waals surface area (Å²) in [5.74, 6) is 0.00956. The maximum Gasteiger partial charge on any atom is 0.404 e. The zero-order valence-electron chi connectivity index (χ0n) is 9.09. The van der Waals surface area contributed by atoms with Crippen LogP contribution in [0.1, 0.15) is 6.42 Å². The lowest BCUT2D eigenvalue weighted by atomic mass is 10.4. The predicted molar refractivity (Wildman–Crippen MR) is 62.8 cm³/mol. The number of nitrogens with one attached hydrogen (secondary N) is 2. The Bertz CT molecular complexity index is 455. The zero-order chi connectivity index (χ0) is 13.5. The lowest BCUT2D eigenvalue weighted by Gasteiger charge is -2.05. The van der Waals surface area contributed by atoms with Crippen LogP contribution in [0, 0.1) is 10.1 Å². The molecular formula is C8H10ClN5O4. The molecular weight excluding hydrogens is 266 g/mol. The van der Waals surface area contributed by atoms with Gasteiger partial charge in [-0.05, 0) is 18.0 Å². The highest BCUT2D eigenvalue weighted by atomic mass is 35.5. The highest BCUT2D eigenvalue weighted by Gasteiger charge is 2.16. The van der Waals surface area contributed by atoms with Crippen molar-refractivity contribution in [3.05, 3.63) is 21.6 Å². The van der Waals surface area contributed by atoms with Crippen molar-refractivity contribution >= 4 is 29.2 Å². The molecule has 1 aromatic heterocycles. The van der Waals surface area contributed by atoms with Crippen LogP contribution in [0.3, 0.4) is 0 Å². The van der Waals surface area contributed by atoms with E-state index < -0.39 is 11.0 Å². The molecule has 0 spiro atoms. The lowest BCUT2D eigenvalue weighted by molar-refractivity contribution is -0.384. The number of amides is 1. The molecule has 0 atom stereocenters. The minimum absolute atomic E-state index is 0.00956. The van der Waals surface area contributed by atoms with Crippen LogP contribution in [0.2, 0.25) is 5.28 Å². The Balaban J connectivity index is 2.53. The van der Waals surface area contributed by atoms with Crippen molar-refractivity contribution in [2.45, 2.75) is 6.42 Å². The third-order valence-electron chi connectivity index (χ3n) is 1.86. The number of halogens is 1. The van der Waals surface area contributed by atoms with E-state index in [0.29, 0.717) is 13.0 Å². The van der Waals surface area contributed by atoms with Gasteiger partial charge in [0.2, 0.25) is 11.1 Å². The number of carbonyl (C=O) groups is 1. The SMILES string of the molecule is O=C(O)NCCCNc1nc(Cl)ncc1[N+](=O)[O-]. The summed E-state index contributed by atoms with van der Waals surface area (Å²) in [7, 11) is 0. The number of carboxylic acid groups (broad SMARTS) is 1. The summed E-state index contributed by atoms with van der Waals surface area (Å²) in [6.07, 6.45) is 0.337. The van der Waals surface area contributed by atoms with Crippen LogP contribution in [0.25, 0.3) is 0 Å². The molecule has 1 aromatic rings. The van der Waals surface area contributed by atoms with E-state index >= 15 is 0 Å². The number of nitro groups is 1. The molecule has 0 bridgehead atoms. The Morgan fingerprint density at radius 2 is 2.28 bits per heavy atom. The fourth-order valence-electron chi connectivity index (χ4n) is 1.11. The minimum atomic E-state index is -1.12. The van der Waals surface area contributed by atoms with E-state index in [-0.39, 0.29) is 23.3 Å². The standard InChI is InChI=1S/C8H10ClN5O4/c9-7-12-4-5(14(17)18)6(13-7)10-2-1-3-11-8(15)16/h4,11H,1-3H2,(H,15,16)(H,10,12,13). The quantitative estimate of drug-likeness (QED) is 0.307. The second-order valence-corrected chi connectivity index (χ2v) is 3.48. The van der Waals surface area contributed by atoms with Gasteiger partial charge < -0.3 is 15.7 Å². The molecule has 9 nitrogen and oxygen atoms in total. The maximum absolute atomic E-state index is 10.7. The van der Waals surface area contributed by atoms with Gasteiger partial charge >= 0.3 is 11.8 Å². The first-order valence-corrected chi connectivity index (χ1v) is 5.26. The summed E-state index contributed by atoms with van der Waals surface area (Å²) in [6.45, 7) is 0.545. The fraction of sp³-hybridized carbons (Fsp3) is 0.375. The molecule has 0 fully saturated rings. The normalized spacial score (nSPS) is 9.83. The number of hydrogen-bond acceptors (Lipinski definition) is 6. The van der Waals surface area contributed by atoms with E-state index in [0.717, 1.165) is 6.20 Å². The summed E-state index contributed by atoms with van der Waals surface area (Å²) < 4.78 is 0. The molecule has 1 heterocycles. The third kappa shape index (κ3) is 4.37. The fourth-order valence-corrected chi connectivity index (χ4v) is 1.24. The predicted octanol–water partition coefficient (Wildman–Crippen LogP) is 1.11. The van der Waals surface area contributed by atoms with E-state index in [1.165, 1.54) is 0 Å². The molecule has 0 aliphatic heterocycles. The van der Waals surface area contributed by atoms with Crippen LogP contribution < -0.4 is 10.6 Å². The first kappa shape index (κ1) is 13.9. The Morgan fingerprint density at radius 3 is 2.89 bits per heavy atom. The maximum atomic E-state index is 10.7. The molecule has 98 valence electrons. The van der Waals surface area contributed by atoms with Crippen LogP contribution in [-0.4, -0.2) is 39.2 Å². The van der Waals surface area contributed by atoms with Gasteiger partial charge in [-0.1, -0.05) is 0 Å². The third-order valence-corrected chi connectivity index (χ3v) is 2.04. The second-order valence-electron chi connectivity index (χ2n) is 3.14. The number of hydrogen-bond donors (Lipinski definition) is 3. The van der Waals surface area contributed by atoms with Gasteiger partial charge in [-0.25, -0.2) is 9.78 Å². The van der Waals surface area contributed by atoms with Gasteiger partial charge in [0.05, 0.1) is 4.92 Å². The monoisotopic (exact) mass is 275 g/mol. The molecule has 0 aromatic carbocycles. The Hall–Kier alpha value is -2.16. The van der Waals surface area contributed by atoms with Crippen molar-refractivity contribution in [3.63, 3.8) is 0 Å². The summed E-state index contributed by atoms with van der Waals surface area (Å²) in [5.41, 5.74) is -0.286. The van der Waals surface area contributed by atoms with Gasteiger partial charge in [-0.2, -0.15) is 4.98 Å². The van der Waals surface area contributed by atoms with Crippen LogP contribution in [-0.2, 0) is 0 Å². The van der Waals surface area contributed by atoms with E-state index in [2.05, 4.69) is 20.6 Å². The first-order valence-electron chi connectivity index (χ1n) is 4.88. The Morgan fingerprint density at radius 1 is 1.56 bits per heavy atom. The van der Waals surface area contributed by atoms with Crippen molar-refractivity contribution in [2.24, 2.45) is 0 Å².